The highest BCUT2D eigenvalue weighted by Gasteiger charge is 2.18. The van der Waals surface area contributed by atoms with Gasteiger partial charge in [-0.25, -0.2) is 4.79 Å². The van der Waals surface area contributed by atoms with E-state index in [0.717, 1.165) is 31.6 Å². The maximum absolute atomic E-state index is 11.9. The molecule has 0 N–H and O–H groups in total. The first kappa shape index (κ1) is 11.0. The number of pyridine rings is 1. The third-order valence-electron chi connectivity index (χ3n) is 3.08. The molecule has 0 spiro atoms. The Morgan fingerprint density at radius 2 is 2.06 bits per heavy atom. The molecule has 3 rings (SSSR count). The van der Waals surface area contributed by atoms with Crippen molar-refractivity contribution >= 4 is 11.7 Å². The maximum atomic E-state index is 11.9. The molecule has 18 heavy (non-hydrogen) atoms. The number of ether oxygens (including phenoxy) is 1. The van der Waals surface area contributed by atoms with E-state index in [1.165, 1.54) is 6.42 Å². The van der Waals surface area contributed by atoms with Crippen LogP contribution in [0.2, 0.25) is 0 Å². The molecule has 6 heteroatoms. The van der Waals surface area contributed by atoms with E-state index in [9.17, 15) is 4.79 Å². The summed E-state index contributed by atoms with van der Waals surface area (Å²) in [4.78, 5) is 13.7. The molecule has 1 aliphatic rings. The lowest BCUT2D eigenvalue weighted by atomic mass is 10.1. The summed E-state index contributed by atoms with van der Waals surface area (Å²) in [6.45, 7) is 1.57. The monoisotopic (exact) mass is 246 g/mol. The Morgan fingerprint density at radius 3 is 2.89 bits per heavy atom. The molecule has 0 unspecified atom stereocenters. The fourth-order valence-electron chi connectivity index (χ4n) is 2.11. The highest BCUT2D eigenvalue weighted by molar-refractivity contribution is 5.70. The Bertz CT molecular complexity index is 560. The SMILES string of the molecule is O=C(Oc1ccc2nncn2c1)N1CCCCC1. The fraction of sp³-hybridized carbons (Fsp3) is 0.417. The summed E-state index contributed by atoms with van der Waals surface area (Å²) in [7, 11) is 0. The van der Waals surface area contributed by atoms with Crippen LogP contribution in [0.1, 0.15) is 19.3 Å². The Morgan fingerprint density at radius 1 is 1.22 bits per heavy atom. The van der Waals surface area contributed by atoms with Crippen LogP contribution in [0.3, 0.4) is 0 Å². The molecular weight excluding hydrogens is 232 g/mol. The van der Waals surface area contributed by atoms with Crippen molar-refractivity contribution in [1.29, 1.82) is 0 Å². The first-order valence-electron chi connectivity index (χ1n) is 6.09. The highest BCUT2D eigenvalue weighted by atomic mass is 16.6. The van der Waals surface area contributed by atoms with Gasteiger partial charge in [0.05, 0.1) is 6.20 Å². The lowest BCUT2D eigenvalue weighted by molar-refractivity contribution is 0.142. The molecule has 0 atom stereocenters. The molecule has 0 aromatic carbocycles. The van der Waals surface area contributed by atoms with Crippen molar-refractivity contribution in [2.24, 2.45) is 0 Å². The van der Waals surface area contributed by atoms with Crippen molar-refractivity contribution < 1.29 is 9.53 Å². The van der Waals surface area contributed by atoms with Crippen LogP contribution in [-0.2, 0) is 0 Å². The smallest absolute Gasteiger partial charge is 0.409 e. The predicted octanol–water partition coefficient (Wildman–Crippen LogP) is 1.71. The van der Waals surface area contributed by atoms with Gasteiger partial charge < -0.3 is 9.64 Å². The summed E-state index contributed by atoms with van der Waals surface area (Å²) in [6, 6.07) is 3.50. The second-order valence-corrected chi connectivity index (χ2v) is 4.38. The zero-order valence-corrected chi connectivity index (χ0v) is 9.95. The number of fused-ring (bicyclic) bond motifs is 1. The topological polar surface area (TPSA) is 59.7 Å². The average Bonchev–Trinajstić information content (AvgIpc) is 2.87. The van der Waals surface area contributed by atoms with Gasteiger partial charge in [-0.3, -0.25) is 4.40 Å². The van der Waals surface area contributed by atoms with Crippen molar-refractivity contribution in [1.82, 2.24) is 19.5 Å². The normalized spacial score (nSPS) is 15.9. The summed E-state index contributed by atoms with van der Waals surface area (Å²) in [6.07, 6.45) is 6.31. The number of nitrogens with zero attached hydrogens (tertiary/aromatic N) is 4. The second-order valence-electron chi connectivity index (χ2n) is 4.38. The standard InChI is InChI=1S/C12H14N4O2/c17-12(15-6-2-1-3-7-15)18-10-4-5-11-14-13-9-16(11)8-10/h4-5,8-9H,1-3,6-7H2. The molecule has 1 saturated heterocycles. The molecule has 94 valence electrons. The molecule has 0 aliphatic carbocycles. The van der Waals surface area contributed by atoms with Crippen LogP contribution in [-0.4, -0.2) is 38.7 Å². The number of amides is 1. The summed E-state index contributed by atoms with van der Waals surface area (Å²) in [5, 5.41) is 7.66. The molecule has 0 bridgehead atoms. The highest BCUT2D eigenvalue weighted by Crippen LogP contribution is 2.15. The summed E-state index contributed by atoms with van der Waals surface area (Å²) < 4.78 is 7.06. The molecule has 3 heterocycles. The Labute approximate surface area is 104 Å². The molecule has 6 nitrogen and oxygen atoms in total. The first-order chi connectivity index (χ1) is 8.83. The van der Waals surface area contributed by atoms with Crippen molar-refractivity contribution in [3.8, 4) is 5.75 Å². The molecule has 1 amide bonds. The number of likely N-dealkylation sites (tertiary alicyclic amines) is 1. The number of hydrogen-bond donors (Lipinski definition) is 0. The van der Waals surface area contributed by atoms with Crippen LogP contribution in [0.15, 0.2) is 24.7 Å². The zero-order valence-electron chi connectivity index (χ0n) is 9.95. The van der Waals surface area contributed by atoms with E-state index in [-0.39, 0.29) is 6.09 Å². The van der Waals surface area contributed by atoms with Crippen molar-refractivity contribution in [2.45, 2.75) is 19.3 Å². The number of rotatable bonds is 1. The molecular formula is C12H14N4O2. The predicted molar refractivity (Wildman–Crippen MR) is 64.4 cm³/mol. The third kappa shape index (κ3) is 2.13. The van der Waals surface area contributed by atoms with Gasteiger partial charge in [-0.1, -0.05) is 0 Å². The van der Waals surface area contributed by atoms with Gasteiger partial charge in [0.2, 0.25) is 0 Å². The van der Waals surface area contributed by atoms with Gasteiger partial charge >= 0.3 is 6.09 Å². The Hall–Kier alpha value is -2.11. The van der Waals surface area contributed by atoms with Crippen LogP contribution >= 0.6 is 0 Å². The van der Waals surface area contributed by atoms with Gasteiger partial charge in [0.15, 0.2) is 5.65 Å². The summed E-state index contributed by atoms with van der Waals surface area (Å²) >= 11 is 0. The van der Waals surface area contributed by atoms with E-state index < -0.39 is 0 Å². The van der Waals surface area contributed by atoms with Crippen molar-refractivity contribution in [2.75, 3.05) is 13.1 Å². The quantitative estimate of drug-likeness (QED) is 0.768. The Balaban J connectivity index is 1.72. The number of piperidine rings is 1. The molecule has 2 aromatic rings. The van der Waals surface area contributed by atoms with Gasteiger partial charge in [0, 0.05) is 13.1 Å². The second kappa shape index (κ2) is 4.64. The van der Waals surface area contributed by atoms with E-state index in [1.807, 2.05) is 0 Å². The van der Waals surface area contributed by atoms with Crippen LogP contribution in [0, 0.1) is 0 Å². The van der Waals surface area contributed by atoms with Crippen LogP contribution in [0.25, 0.3) is 5.65 Å². The minimum atomic E-state index is -0.276. The third-order valence-corrected chi connectivity index (χ3v) is 3.08. The molecule has 2 aromatic heterocycles. The number of carbonyl (C=O) groups is 1. The Kier molecular flexibility index (Phi) is 2.84. The van der Waals surface area contributed by atoms with Crippen LogP contribution in [0.5, 0.6) is 5.75 Å². The van der Waals surface area contributed by atoms with E-state index in [1.54, 1.807) is 34.0 Å². The van der Waals surface area contributed by atoms with E-state index in [0.29, 0.717) is 5.75 Å². The van der Waals surface area contributed by atoms with Crippen LogP contribution < -0.4 is 4.74 Å². The van der Waals surface area contributed by atoms with Crippen molar-refractivity contribution in [3.05, 3.63) is 24.7 Å². The number of aromatic nitrogens is 3. The minimum Gasteiger partial charge on any atom is -0.409 e. The van der Waals surface area contributed by atoms with Gasteiger partial charge in [-0.2, -0.15) is 0 Å². The minimum absolute atomic E-state index is 0.276. The van der Waals surface area contributed by atoms with Gasteiger partial charge in [-0.05, 0) is 31.4 Å². The summed E-state index contributed by atoms with van der Waals surface area (Å²) in [5.41, 5.74) is 0.729. The largest absolute Gasteiger partial charge is 0.415 e. The zero-order chi connectivity index (χ0) is 12.4. The number of carbonyl (C=O) groups excluding carboxylic acids is 1. The maximum Gasteiger partial charge on any atom is 0.415 e. The van der Waals surface area contributed by atoms with Gasteiger partial charge in [-0.15, -0.1) is 10.2 Å². The molecule has 0 saturated carbocycles. The van der Waals surface area contributed by atoms with E-state index in [4.69, 9.17) is 4.74 Å². The van der Waals surface area contributed by atoms with Crippen LogP contribution in [0.4, 0.5) is 4.79 Å². The fourth-order valence-corrected chi connectivity index (χ4v) is 2.11. The van der Waals surface area contributed by atoms with E-state index in [2.05, 4.69) is 10.2 Å². The average molecular weight is 246 g/mol. The first-order valence-corrected chi connectivity index (χ1v) is 6.09. The molecule has 1 fully saturated rings. The summed E-state index contributed by atoms with van der Waals surface area (Å²) in [5.74, 6) is 0.512. The van der Waals surface area contributed by atoms with Gasteiger partial charge in [0.1, 0.15) is 12.1 Å². The van der Waals surface area contributed by atoms with Crippen molar-refractivity contribution in [3.63, 3.8) is 0 Å². The van der Waals surface area contributed by atoms with Gasteiger partial charge in [0.25, 0.3) is 0 Å². The molecule has 0 radical (unpaired) electrons. The lowest BCUT2D eigenvalue weighted by Crippen LogP contribution is -2.37. The van der Waals surface area contributed by atoms with E-state index >= 15 is 0 Å². The molecule has 1 aliphatic heterocycles. The number of hydrogen-bond acceptors (Lipinski definition) is 4. The lowest BCUT2D eigenvalue weighted by Gasteiger charge is -2.25.